The second-order valence-electron chi connectivity index (χ2n) is 6.92. The topological polar surface area (TPSA) is 63.1 Å². The predicted molar refractivity (Wildman–Crippen MR) is 110 cm³/mol. The van der Waals surface area contributed by atoms with Crippen molar-refractivity contribution in [3.05, 3.63) is 76.7 Å². The Balaban J connectivity index is 1.36. The Hall–Kier alpha value is -2.86. The molecule has 3 heterocycles. The van der Waals surface area contributed by atoms with Gasteiger partial charge < -0.3 is 10.2 Å². The van der Waals surface area contributed by atoms with Crippen LogP contribution >= 0.6 is 11.6 Å². The van der Waals surface area contributed by atoms with Gasteiger partial charge in [0.1, 0.15) is 5.82 Å². The minimum absolute atomic E-state index is 0.148. The van der Waals surface area contributed by atoms with Crippen molar-refractivity contribution < 1.29 is 4.79 Å². The molecule has 1 N–H and O–H groups in total. The highest BCUT2D eigenvalue weighted by Gasteiger charge is 2.14. The van der Waals surface area contributed by atoms with Gasteiger partial charge in [-0.15, -0.1) is 0 Å². The Morgan fingerprint density at radius 2 is 2.00 bits per heavy atom. The maximum atomic E-state index is 12.5. The third-order valence-electron chi connectivity index (χ3n) is 4.88. The van der Waals surface area contributed by atoms with E-state index in [9.17, 15) is 4.79 Å². The van der Waals surface area contributed by atoms with Crippen molar-refractivity contribution in [1.29, 1.82) is 0 Å². The van der Waals surface area contributed by atoms with E-state index in [1.54, 1.807) is 23.3 Å². The van der Waals surface area contributed by atoms with Crippen molar-refractivity contribution >= 4 is 23.3 Å². The van der Waals surface area contributed by atoms with E-state index >= 15 is 0 Å². The number of amides is 1. The van der Waals surface area contributed by atoms with E-state index in [0.29, 0.717) is 23.7 Å². The number of pyridine rings is 1. The average molecular weight is 396 g/mol. The molecule has 4 rings (SSSR count). The number of aromatic nitrogens is 3. The zero-order valence-corrected chi connectivity index (χ0v) is 16.3. The fourth-order valence-electron chi connectivity index (χ4n) is 3.34. The highest BCUT2D eigenvalue weighted by molar-refractivity contribution is 6.31. The number of halogens is 1. The quantitative estimate of drug-likeness (QED) is 0.693. The smallest absolute Gasteiger partial charge is 0.254 e. The summed E-state index contributed by atoms with van der Waals surface area (Å²) in [7, 11) is 0. The molecular formula is C21H22ClN5O. The van der Waals surface area contributed by atoms with E-state index in [1.165, 1.54) is 12.8 Å². The number of hydrogen-bond donors (Lipinski definition) is 1. The molecule has 0 radical (unpaired) electrons. The molecule has 0 saturated carbocycles. The van der Waals surface area contributed by atoms with Crippen molar-refractivity contribution in [2.75, 3.05) is 18.0 Å². The SMILES string of the molecule is O=C(NCc1ccnc(N2CCCC2)c1)c1cnn(Cc2ccccc2Cl)c1. The average Bonchev–Trinajstić information content (AvgIpc) is 3.40. The van der Waals surface area contributed by atoms with Gasteiger partial charge in [-0.1, -0.05) is 29.8 Å². The van der Waals surface area contributed by atoms with Crippen LogP contribution in [0.5, 0.6) is 0 Å². The molecule has 2 aromatic heterocycles. The predicted octanol–water partition coefficient (Wildman–Crippen LogP) is 3.51. The Labute approximate surface area is 169 Å². The summed E-state index contributed by atoms with van der Waals surface area (Å²) in [5, 5.41) is 7.92. The number of anilines is 1. The zero-order chi connectivity index (χ0) is 19.3. The molecule has 0 unspecified atom stereocenters. The number of rotatable bonds is 6. The van der Waals surface area contributed by atoms with Gasteiger partial charge in [-0.2, -0.15) is 5.10 Å². The van der Waals surface area contributed by atoms with Gasteiger partial charge in [0.2, 0.25) is 0 Å². The van der Waals surface area contributed by atoms with Gasteiger partial charge >= 0.3 is 0 Å². The van der Waals surface area contributed by atoms with Crippen LogP contribution in [0.3, 0.4) is 0 Å². The lowest BCUT2D eigenvalue weighted by Crippen LogP contribution is -2.23. The number of benzene rings is 1. The molecule has 1 amide bonds. The first kappa shape index (κ1) is 18.5. The van der Waals surface area contributed by atoms with Crippen LogP contribution in [0.2, 0.25) is 5.02 Å². The minimum atomic E-state index is -0.148. The molecule has 28 heavy (non-hydrogen) atoms. The van der Waals surface area contributed by atoms with Gasteiger partial charge in [-0.25, -0.2) is 4.98 Å². The Morgan fingerprint density at radius 3 is 2.82 bits per heavy atom. The van der Waals surface area contributed by atoms with Crippen LogP contribution in [0.4, 0.5) is 5.82 Å². The van der Waals surface area contributed by atoms with Crippen LogP contribution in [0.15, 0.2) is 55.0 Å². The summed E-state index contributed by atoms with van der Waals surface area (Å²) < 4.78 is 1.72. The number of nitrogens with one attached hydrogen (secondary N) is 1. The largest absolute Gasteiger partial charge is 0.357 e. The minimum Gasteiger partial charge on any atom is -0.357 e. The first-order chi connectivity index (χ1) is 13.7. The summed E-state index contributed by atoms with van der Waals surface area (Å²) in [6.45, 7) is 3.08. The molecule has 1 aliphatic heterocycles. The number of carbonyl (C=O) groups is 1. The molecule has 0 aliphatic carbocycles. The van der Waals surface area contributed by atoms with Crippen molar-refractivity contribution in [1.82, 2.24) is 20.1 Å². The summed E-state index contributed by atoms with van der Waals surface area (Å²) in [6.07, 6.45) is 7.54. The van der Waals surface area contributed by atoms with Crippen LogP contribution in [-0.4, -0.2) is 33.8 Å². The Morgan fingerprint density at radius 1 is 1.18 bits per heavy atom. The van der Waals surface area contributed by atoms with Crippen molar-refractivity contribution in [2.45, 2.75) is 25.9 Å². The van der Waals surface area contributed by atoms with Crippen molar-refractivity contribution in [3.63, 3.8) is 0 Å². The molecule has 0 bridgehead atoms. The third kappa shape index (κ3) is 4.34. The monoisotopic (exact) mass is 395 g/mol. The fraction of sp³-hybridized carbons (Fsp3) is 0.286. The lowest BCUT2D eigenvalue weighted by molar-refractivity contribution is 0.0951. The Kier molecular flexibility index (Phi) is 5.58. The Bertz CT molecular complexity index is 965. The fourth-order valence-corrected chi connectivity index (χ4v) is 3.54. The van der Waals surface area contributed by atoms with Crippen molar-refractivity contribution in [2.24, 2.45) is 0 Å². The number of hydrogen-bond acceptors (Lipinski definition) is 4. The molecule has 0 spiro atoms. The summed E-state index contributed by atoms with van der Waals surface area (Å²) in [4.78, 5) is 19.2. The normalized spacial score (nSPS) is 13.7. The number of carbonyl (C=O) groups excluding carboxylic acids is 1. The van der Waals surface area contributed by atoms with E-state index in [0.717, 1.165) is 30.0 Å². The van der Waals surface area contributed by atoms with E-state index in [1.807, 2.05) is 36.4 Å². The first-order valence-electron chi connectivity index (χ1n) is 9.43. The van der Waals surface area contributed by atoms with E-state index in [-0.39, 0.29) is 5.91 Å². The summed E-state index contributed by atoms with van der Waals surface area (Å²) in [5.74, 6) is 0.835. The lowest BCUT2D eigenvalue weighted by atomic mass is 10.2. The third-order valence-corrected chi connectivity index (χ3v) is 5.25. The van der Waals surface area contributed by atoms with Gasteiger partial charge in [-0.3, -0.25) is 9.48 Å². The molecule has 144 valence electrons. The molecule has 1 saturated heterocycles. The summed E-state index contributed by atoms with van der Waals surface area (Å²) in [6, 6.07) is 11.6. The second-order valence-corrected chi connectivity index (χ2v) is 7.32. The summed E-state index contributed by atoms with van der Waals surface area (Å²) in [5.41, 5.74) is 2.53. The molecule has 1 fully saturated rings. The van der Waals surface area contributed by atoms with Gasteiger partial charge in [0.25, 0.3) is 5.91 Å². The second kappa shape index (κ2) is 8.44. The molecular weight excluding hydrogens is 374 g/mol. The molecule has 7 heteroatoms. The molecule has 6 nitrogen and oxygen atoms in total. The van der Waals surface area contributed by atoms with Gasteiger partial charge in [0.05, 0.1) is 18.3 Å². The number of nitrogens with zero attached hydrogens (tertiary/aromatic N) is 4. The van der Waals surface area contributed by atoms with Crippen LogP contribution in [-0.2, 0) is 13.1 Å². The van der Waals surface area contributed by atoms with Crippen LogP contribution < -0.4 is 10.2 Å². The van der Waals surface area contributed by atoms with E-state index < -0.39 is 0 Å². The molecule has 1 aliphatic rings. The highest BCUT2D eigenvalue weighted by Crippen LogP contribution is 2.19. The van der Waals surface area contributed by atoms with Crippen LogP contribution in [0, 0.1) is 0 Å². The van der Waals surface area contributed by atoms with Gasteiger partial charge in [0, 0.05) is 37.1 Å². The molecule has 0 atom stereocenters. The first-order valence-corrected chi connectivity index (χ1v) is 9.81. The molecule has 3 aromatic rings. The van der Waals surface area contributed by atoms with E-state index in [4.69, 9.17) is 11.6 Å². The van der Waals surface area contributed by atoms with Crippen LogP contribution in [0.1, 0.15) is 34.3 Å². The van der Waals surface area contributed by atoms with E-state index in [2.05, 4.69) is 20.3 Å². The maximum Gasteiger partial charge on any atom is 0.254 e. The van der Waals surface area contributed by atoms with Crippen LogP contribution in [0.25, 0.3) is 0 Å². The maximum absolute atomic E-state index is 12.5. The summed E-state index contributed by atoms with van der Waals surface area (Å²) >= 11 is 6.19. The highest BCUT2D eigenvalue weighted by atomic mass is 35.5. The molecule has 1 aromatic carbocycles. The lowest BCUT2D eigenvalue weighted by Gasteiger charge is -2.16. The van der Waals surface area contributed by atoms with Gasteiger partial charge in [-0.05, 0) is 42.2 Å². The van der Waals surface area contributed by atoms with Gasteiger partial charge in [0.15, 0.2) is 0 Å². The standard InChI is InChI=1S/C21H22ClN5O/c22-19-6-2-1-5-17(19)14-27-15-18(13-25-27)21(28)24-12-16-7-8-23-20(11-16)26-9-3-4-10-26/h1-2,5-8,11,13,15H,3-4,9-10,12,14H2,(H,24,28). The zero-order valence-electron chi connectivity index (χ0n) is 15.5. The van der Waals surface area contributed by atoms with Crippen molar-refractivity contribution in [3.8, 4) is 0 Å².